The second-order valence-electron chi connectivity index (χ2n) is 10.2. The summed E-state index contributed by atoms with van der Waals surface area (Å²) in [6.07, 6.45) is 1.83. The van der Waals surface area contributed by atoms with Crippen LogP contribution in [0.5, 0.6) is 0 Å². The Bertz CT molecular complexity index is 1430. The highest BCUT2D eigenvalue weighted by Gasteiger charge is 2.33. The van der Waals surface area contributed by atoms with Crippen LogP contribution in [0.15, 0.2) is 35.4 Å². The second-order valence-corrected chi connectivity index (χ2v) is 12.2. The fraction of sp³-hybridized carbons (Fsp3) is 0.538. The van der Waals surface area contributed by atoms with Gasteiger partial charge in [-0.05, 0) is 45.7 Å². The van der Waals surface area contributed by atoms with Gasteiger partial charge in [0.15, 0.2) is 0 Å². The summed E-state index contributed by atoms with van der Waals surface area (Å²) in [5.74, 6) is -0.842. The number of amides is 3. The van der Waals surface area contributed by atoms with Gasteiger partial charge >= 0.3 is 6.09 Å². The van der Waals surface area contributed by atoms with E-state index in [1.165, 1.54) is 21.1 Å². The van der Waals surface area contributed by atoms with Crippen molar-refractivity contribution >= 4 is 39.3 Å². The number of nitro groups is 1. The number of aryl methyl sites for hydroxylation is 1. The summed E-state index contributed by atoms with van der Waals surface area (Å²) in [6.45, 7) is 7.25. The van der Waals surface area contributed by atoms with E-state index in [-0.39, 0.29) is 42.1 Å². The fourth-order valence-electron chi connectivity index (χ4n) is 4.99. The van der Waals surface area contributed by atoms with E-state index in [0.29, 0.717) is 50.4 Å². The molecule has 0 aliphatic carbocycles. The summed E-state index contributed by atoms with van der Waals surface area (Å²) < 4.78 is 33.8. The van der Waals surface area contributed by atoms with E-state index in [1.54, 1.807) is 36.8 Å². The number of hydrogen-bond donors (Lipinski definition) is 1. The van der Waals surface area contributed by atoms with Gasteiger partial charge in [0.05, 0.1) is 27.8 Å². The van der Waals surface area contributed by atoms with E-state index in [1.807, 2.05) is 0 Å². The van der Waals surface area contributed by atoms with Crippen LogP contribution in [0.3, 0.4) is 0 Å². The molecule has 3 heterocycles. The number of sulfonamides is 1. The Morgan fingerprint density at radius 2 is 1.67 bits per heavy atom. The number of carbonyl (C=O) groups is 3. The van der Waals surface area contributed by atoms with Crippen molar-refractivity contribution in [2.24, 2.45) is 5.92 Å². The number of carbonyl (C=O) groups excluding carboxylic acids is 3. The number of aromatic nitrogens is 2. The van der Waals surface area contributed by atoms with Crippen molar-refractivity contribution in [1.82, 2.24) is 23.9 Å². The molecule has 2 fully saturated rings. The summed E-state index contributed by atoms with van der Waals surface area (Å²) in [6, 6.07) is 4.09. The predicted molar refractivity (Wildman–Crippen MR) is 150 cm³/mol. The standard InChI is InChI=1S/C26H35N7O8S/c1-4-41-26(36)30-15-13-29(14-16-30)25(35)19(3)32-17-23(18(2)28-32)27-24(34)20-9-11-31(12-10-20)42(39,40)22-7-5-21(6-8-22)33(37)38/h5-8,17,19-20H,4,9-16H2,1-3H3,(H,27,34). The Kier molecular flexibility index (Phi) is 9.46. The molecule has 42 heavy (non-hydrogen) atoms. The number of nitro benzene ring substituents is 1. The maximum absolute atomic E-state index is 13.1. The van der Waals surface area contributed by atoms with Gasteiger partial charge in [-0.2, -0.15) is 9.40 Å². The molecule has 1 aromatic heterocycles. The molecule has 15 nitrogen and oxygen atoms in total. The van der Waals surface area contributed by atoms with Gasteiger partial charge in [0.1, 0.15) is 6.04 Å². The third kappa shape index (κ3) is 6.70. The predicted octanol–water partition coefficient (Wildman–Crippen LogP) is 2.00. The van der Waals surface area contributed by atoms with Crippen molar-refractivity contribution in [1.29, 1.82) is 0 Å². The first-order valence-corrected chi connectivity index (χ1v) is 15.2. The highest BCUT2D eigenvalue weighted by molar-refractivity contribution is 7.89. The lowest BCUT2D eigenvalue weighted by atomic mass is 9.97. The fourth-order valence-corrected chi connectivity index (χ4v) is 6.46. The molecule has 2 saturated heterocycles. The molecule has 1 N–H and O–H groups in total. The molecule has 2 aliphatic rings. The number of benzene rings is 1. The highest BCUT2D eigenvalue weighted by Crippen LogP contribution is 2.27. The minimum Gasteiger partial charge on any atom is -0.450 e. The zero-order valence-electron chi connectivity index (χ0n) is 23.8. The van der Waals surface area contributed by atoms with Crippen LogP contribution in [-0.2, 0) is 24.3 Å². The van der Waals surface area contributed by atoms with Gasteiger partial charge in [-0.3, -0.25) is 24.4 Å². The maximum Gasteiger partial charge on any atom is 0.409 e. The van der Waals surface area contributed by atoms with Gasteiger partial charge in [0, 0.05) is 63.5 Å². The number of ether oxygens (including phenoxy) is 1. The SMILES string of the molecule is CCOC(=O)N1CCN(C(=O)C(C)n2cc(NC(=O)C3CCN(S(=O)(=O)c4ccc([N+](=O)[O-])cc4)CC3)c(C)n2)CC1. The second kappa shape index (κ2) is 12.9. The molecule has 4 rings (SSSR count). The van der Waals surface area contributed by atoms with Crippen LogP contribution in [0.2, 0.25) is 0 Å². The molecule has 1 unspecified atom stereocenters. The molecule has 0 spiro atoms. The van der Waals surface area contributed by atoms with E-state index in [0.717, 1.165) is 12.1 Å². The van der Waals surface area contributed by atoms with Crippen LogP contribution >= 0.6 is 0 Å². The average Bonchev–Trinajstić information content (AvgIpc) is 3.36. The monoisotopic (exact) mass is 605 g/mol. The molecule has 2 aromatic rings. The molecule has 0 bridgehead atoms. The van der Waals surface area contributed by atoms with Crippen LogP contribution in [0.25, 0.3) is 0 Å². The molecular formula is C26H35N7O8S. The van der Waals surface area contributed by atoms with Crippen molar-refractivity contribution in [2.75, 3.05) is 51.2 Å². The van der Waals surface area contributed by atoms with Gasteiger partial charge in [-0.25, -0.2) is 13.2 Å². The van der Waals surface area contributed by atoms with E-state index in [2.05, 4.69) is 10.4 Å². The zero-order valence-corrected chi connectivity index (χ0v) is 24.6. The zero-order chi connectivity index (χ0) is 30.6. The Balaban J connectivity index is 1.31. The van der Waals surface area contributed by atoms with E-state index >= 15 is 0 Å². The van der Waals surface area contributed by atoms with Gasteiger partial charge < -0.3 is 19.9 Å². The minimum atomic E-state index is -3.85. The third-order valence-corrected chi connectivity index (χ3v) is 9.47. The number of nitrogens with zero attached hydrogens (tertiary/aromatic N) is 6. The van der Waals surface area contributed by atoms with Gasteiger partial charge in [-0.1, -0.05) is 0 Å². The van der Waals surface area contributed by atoms with Gasteiger partial charge in [0.25, 0.3) is 5.69 Å². The molecule has 1 aromatic carbocycles. The lowest BCUT2D eigenvalue weighted by Crippen LogP contribution is -2.52. The number of hydrogen-bond acceptors (Lipinski definition) is 9. The van der Waals surface area contributed by atoms with E-state index in [4.69, 9.17) is 4.74 Å². The minimum absolute atomic E-state index is 0.0383. The first kappa shape index (κ1) is 30.9. The Morgan fingerprint density at radius 3 is 2.24 bits per heavy atom. The number of nitrogens with one attached hydrogen (secondary N) is 1. The van der Waals surface area contributed by atoms with Crippen molar-refractivity contribution in [3.05, 3.63) is 46.3 Å². The molecule has 2 aliphatic heterocycles. The Morgan fingerprint density at radius 1 is 1.07 bits per heavy atom. The van der Waals surface area contributed by atoms with Crippen molar-refractivity contribution in [2.45, 2.75) is 44.6 Å². The molecule has 1 atom stereocenters. The lowest BCUT2D eigenvalue weighted by molar-refractivity contribution is -0.384. The van der Waals surface area contributed by atoms with Crippen LogP contribution in [-0.4, -0.2) is 101 Å². The molecule has 0 radical (unpaired) electrons. The number of piperidine rings is 1. The Labute approximate surface area is 243 Å². The number of rotatable bonds is 8. The summed E-state index contributed by atoms with van der Waals surface area (Å²) >= 11 is 0. The summed E-state index contributed by atoms with van der Waals surface area (Å²) in [7, 11) is -3.85. The molecule has 228 valence electrons. The smallest absolute Gasteiger partial charge is 0.409 e. The summed E-state index contributed by atoms with van der Waals surface area (Å²) in [5, 5.41) is 18.2. The van der Waals surface area contributed by atoms with Crippen LogP contribution in [0, 0.1) is 23.0 Å². The quantitative estimate of drug-likeness (QED) is 0.348. The van der Waals surface area contributed by atoms with Crippen molar-refractivity contribution in [3.63, 3.8) is 0 Å². The first-order valence-electron chi connectivity index (χ1n) is 13.7. The third-order valence-electron chi connectivity index (χ3n) is 7.56. The molecule has 0 saturated carbocycles. The van der Waals surface area contributed by atoms with Crippen LogP contribution < -0.4 is 5.32 Å². The lowest BCUT2D eigenvalue weighted by Gasteiger charge is -2.35. The topological polar surface area (TPSA) is 177 Å². The summed E-state index contributed by atoms with van der Waals surface area (Å²) in [5.41, 5.74) is 0.802. The number of non-ortho nitro benzene ring substituents is 1. The number of anilines is 1. The van der Waals surface area contributed by atoms with Crippen molar-refractivity contribution < 1.29 is 32.5 Å². The van der Waals surface area contributed by atoms with E-state index in [9.17, 15) is 32.9 Å². The van der Waals surface area contributed by atoms with E-state index < -0.39 is 33.0 Å². The molecular weight excluding hydrogens is 570 g/mol. The largest absolute Gasteiger partial charge is 0.450 e. The Hall–Kier alpha value is -4.05. The molecule has 16 heteroatoms. The number of piperazine rings is 1. The maximum atomic E-state index is 13.1. The average molecular weight is 606 g/mol. The van der Waals surface area contributed by atoms with Crippen LogP contribution in [0.4, 0.5) is 16.2 Å². The van der Waals surface area contributed by atoms with Gasteiger partial charge in [0.2, 0.25) is 21.8 Å². The molecule has 3 amide bonds. The van der Waals surface area contributed by atoms with Crippen molar-refractivity contribution in [3.8, 4) is 0 Å². The summed E-state index contributed by atoms with van der Waals surface area (Å²) in [4.78, 5) is 51.5. The van der Waals surface area contributed by atoms with Crippen LogP contribution in [0.1, 0.15) is 38.4 Å². The highest BCUT2D eigenvalue weighted by atomic mass is 32.2. The first-order chi connectivity index (χ1) is 19.9. The van der Waals surface area contributed by atoms with Gasteiger partial charge in [-0.15, -0.1) is 0 Å². The normalized spacial score (nSPS) is 17.5.